The highest BCUT2D eigenvalue weighted by molar-refractivity contribution is 14.0. The van der Waals surface area contributed by atoms with E-state index >= 15 is 0 Å². The maximum absolute atomic E-state index is 10.7. The average molecular weight is 489 g/mol. The number of hydrogen-bond acceptors (Lipinski definition) is 4. The van der Waals surface area contributed by atoms with Gasteiger partial charge in [-0.2, -0.15) is 0 Å². The van der Waals surface area contributed by atoms with Crippen molar-refractivity contribution in [1.82, 2.24) is 20.4 Å². The Balaban J connectivity index is 0.00000364. The average Bonchev–Trinajstić information content (AvgIpc) is 2.85. The van der Waals surface area contributed by atoms with Crippen LogP contribution in [0.15, 0.2) is 35.3 Å². The van der Waals surface area contributed by atoms with Crippen molar-refractivity contribution in [3.05, 3.63) is 35.9 Å². The van der Waals surface area contributed by atoms with Gasteiger partial charge in [0.2, 0.25) is 0 Å². The molecule has 0 aliphatic carbocycles. The summed E-state index contributed by atoms with van der Waals surface area (Å²) in [6.45, 7) is 11.4. The maximum Gasteiger partial charge on any atom is 0.191 e. The molecule has 1 atom stereocenters. The first-order valence-corrected chi connectivity index (χ1v) is 9.72. The van der Waals surface area contributed by atoms with E-state index in [2.05, 4.69) is 39.4 Å². The Morgan fingerprint density at radius 3 is 2.59 bits per heavy atom. The van der Waals surface area contributed by atoms with Crippen LogP contribution in [0.4, 0.5) is 0 Å². The molecular weight excluding hydrogens is 453 g/mol. The molecule has 1 aliphatic rings. The summed E-state index contributed by atoms with van der Waals surface area (Å²) < 4.78 is 0. The van der Waals surface area contributed by atoms with Crippen LogP contribution >= 0.6 is 24.0 Å². The molecule has 154 valence electrons. The summed E-state index contributed by atoms with van der Waals surface area (Å²) in [6, 6.07) is 9.71. The summed E-state index contributed by atoms with van der Waals surface area (Å²) in [5.74, 6) is 0.760. The van der Waals surface area contributed by atoms with Crippen LogP contribution in [0.1, 0.15) is 25.8 Å². The summed E-state index contributed by atoms with van der Waals surface area (Å²) in [7, 11) is 2.19. The number of benzene rings is 1. The van der Waals surface area contributed by atoms with Gasteiger partial charge in [-0.05, 0) is 46.0 Å². The van der Waals surface area contributed by atoms with E-state index in [1.54, 1.807) is 0 Å². The normalized spacial score (nSPS) is 18.9. The summed E-state index contributed by atoms with van der Waals surface area (Å²) in [6.07, 6.45) is 1.23. The van der Waals surface area contributed by atoms with Crippen LogP contribution < -0.4 is 10.6 Å². The van der Waals surface area contributed by atoms with Crippen LogP contribution in [0.3, 0.4) is 0 Å². The topological polar surface area (TPSA) is 63.1 Å². The first kappa shape index (κ1) is 24.1. The molecule has 7 heteroatoms. The van der Waals surface area contributed by atoms with Crippen molar-refractivity contribution in [3.8, 4) is 0 Å². The van der Waals surface area contributed by atoms with Gasteiger partial charge in [-0.3, -0.25) is 0 Å². The summed E-state index contributed by atoms with van der Waals surface area (Å²) in [4.78, 5) is 9.49. The quantitative estimate of drug-likeness (QED) is 0.309. The van der Waals surface area contributed by atoms with Crippen LogP contribution in [-0.4, -0.2) is 80.3 Å². The molecule has 6 nitrogen and oxygen atoms in total. The third kappa shape index (κ3) is 8.76. The molecule has 1 aromatic carbocycles. The van der Waals surface area contributed by atoms with Gasteiger partial charge in [0.1, 0.15) is 5.60 Å². The number of nitrogens with one attached hydrogen (secondary N) is 2. The third-order valence-corrected chi connectivity index (χ3v) is 4.82. The number of aliphatic imine (C=N–C) groups is 1. The Kier molecular flexibility index (Phi) is 11.2. The lowest BCUT2D eigenvalue weighted by Crippen LogP contribution is -2.43. The molecule has 0 bridgehead atoms. The highest BCUT2D eigenvalue weighted by Gasteiger charge is 2.22. The zero-order valence-electron chi connectivity index (χ0n) is 16.9. The second kappa shape index (κ2) is 12.5. The summed E-state index contributed by atoms with van der Waals surface area (Å²) in [5.41, 5.74) is -0.0906. The minimum atomic E-state index is -0.973. The van der Waals surface area contributed by atoms with Gasteiger partial charge >= 0.3 is 0 Å². The van der Waals surface area contributed by atoms with Crippen LogP contribution in [-0.2, 0) is 5.60 Å². The smallest absolute Gasteiger partial charge is 0.191 e. The highest BCUT2D eigenvalue weighted by atomic mass is 127. The largest absolute Gasteiger partial charge is 0.384 e. The molecule has 1 fully saturated rings. The summed E-state index contributed by atoms with van der Waals surface area (Å²) >= 11 is 0. The van der Waals surface area contributed by atoms with Gasteiger partial charge in [-0.15, -0.1) is 24.0 Å². The van der Waals surface area contributed by atoms with Crippen LogP contribution in [0.5, 0.6) is 0 Å². The van der Waals surface area contributed by atoms with Crippen LogP contribution in [0.25, 0.3) is 0 Å². The number of hydrogen-bond donors (Lipinski definition) is 3. The number of likely N-dealkylation sites (N-methyl/N-ethyl adjacent to an activating group) is 1. The molecule has 27 heavy (non-hydrogen) atoms. The molecule has 0 radical (unpaired) electrons. The molecule has 1 unspecified atom stereocenters. The fourth-order valence-electron chi connectivity index (χ4n) is 3.12. The molecule has 0 aromatic heterocycles. The standard InChI is InChI=1S/C20H35N5O.HI/c1-4-21-19(22-11-14-25-13-8-12-24(3)15-16-25)23-17-20(2,26)18-9-6-5-7-10-18;/h5-7,9-10,26H,4,8,11-17H2,1-3H3,(H2,21,22,23);1H. The van der Waals surface area contributed by atoms with Crippen LogP contribution in [0, 0.1) is 0 Å². The number of aliphatic hydroxyl groups is 1. The van der Waals surface area contributed by atoms with Gasteiger partial charge < -0.3 is 25.5 Å². The number of guanidine groups is 1. The second-order valence-electron chi connectivity index (χ2n) is 7.26. The van der Waals surface area contributed by atoms with Crippen molar-refractivity contribution in [2.45, 2.75) is 25.9 Å². The lowest BCUT2D eigenvalue weighted by molar-refractivity contribution is 0.0672. The Morgan fingerprint density at radius 2 is 1.89 bits per heavy atom. The number of halogens is 1. The number of nitrogens with zero attached hydrogens (tertiary/aromatic N) is 3. The zero-order chi connectivity index (χ0) is 18.8. The van der Waals surface area contributed by atoms with E-state index in [4.69, 9.17) is 0 Å². The van der Waals surface area contributed by atoms with Gasteiger partial charge in [0.15, 0.2) is 5.96 Å². The Hall–Kier alpha value is -0.900. The van der Waals surface area contributed by atoms with E-state index in [1.807, 2.05) is 37.3 Å². The third-order valence-electron chi connectivity index (χ3n) is 4.82. The van der Waals surface area contributed by atoms with E-state index < -0.39 is 5.60 Å². The minimum absolute atomic E-state index is 0. The molecule has 1 saturated heterocycles. The van der Waals surface area contributed by atoms with E-state index in [0.29, 0.717) is 6.54 Å². The molecule has 3 N–H and O–H groups in total. The second-order valence-corrected chi connectivity index (χ2v) is 7.26. The number of rotatable bonds is 7. The Bertz CT molecular complexity index is 553. The van der Waals surface area contributed by atoms with Crippen molar-refractivity contribution in [2.75, 3.05) is 59.4 Å². The lowest BCUT2D eigenvalue weighted by atomic mass is 9.96. The van der Waals surface area contributed by atoms with Crippen molar-refractivity contribution in [1.29, 1.82) is 0 Å². The van der Waals surface area contributed by atoms with Crippen molar-refractivity contribution >= 4 is 29.9 Å². The highest BCUT2D eigenvalue weighted by Crippen LogP contribution is 2.20. The van der Waals surface area contributed by atoms with Gasteiger partial charge in [0.25, 0.3) is 0 Å². The predicted molar refractivity (Wildman–Crippen MR) is 124 cm³/mol. The van der Waals surface area contributed by atoms with Crippen molar-refractivity contribution in [2.24, 2.45) is 4.99 Å². The van der Waals surface area contributed by atoms with Gasteiger partial charge in [-0.1, -0.05) is 30.3 Å². The lowest BCUT2D eigenvalue weighted by Gasteiger charge is -2.23. The zero-order valence-corrected chi connectivity index (χ0v) is 19.3. The van der Waals surface area contributed by atoms with E-state index in [1.165, 1.54) is 13.0 Å². The fourth-order valence-corrected chi connectivity index (χ4v) is 3.12. The Morgan fingerprint density at radius 1 is 1.15 bits per heavy atom. The SMILES string of the molecule is CCNC(=NCC(C)(O)c1ccccc1)NCCN1CCCN(C)CC1.I. The molecule has 0 amide bonds. The summed E-state index contributed by atoms with van der Waals surface area (Å²) in [5, 5.41) is 17.4. The Labute approximate surface area is 181 Å². The van der Waals surface area contributed by atoms with Gasteiger partial charge in [0, 0.05) is 32.7 Å². The van der Waals surface area contributed by atoms with E-state index in [-0.39, 0.29) is 24.0 Å². The fraction of sp³-hybridized carbons (Fsp3) is 0.650. The van der Waals surface area contributed by atoms with Crippen molar-refractivity contribution in [3.63, 3.8) is 0 Å². The first-order valence-electron chi connectivity index (χ1n) is 9.72. The molecule has 0 saturated carbocycles. The molecule has 1 aromatic rings. The first-order chi connectivity index (χ1) is 12.5. The molecular formula is C20H36IN5O. The molecule has 2 rings (SSSR count). The van der Waals surface area contributed by atoms with Crippen molar-refractivity contribution < 1.29 is 5.11 Å². The van der Waals surface area contributed by atoms with E-state index in [9.17, 15) is 5.11 Å². The molecule has 1 aliphatic heterocycles. The monoisotopic (exact) mass is 489 g/mol. The maximum atomic E-state index is 10.7. The molecule has 1 heterocycles. The van der Waals surface area contributed by atoms with E-state index in [0.717, 1.165) is 50.8 Å². The molecule has 0 spiro atoms. The van der Waals surface area contributed by atoms with Crippen LogP contribution in [0.2, 0.25) is 0 Å². The van der Waals surface area contributed by atoms with Gasteiger partial charge in [-0.25, -0.2) is 4.99 Å². The van der Waals surface area contributed by atoms with Gasteiger partial charge in [0.05, 0.1) is 6.54 Å². The minimum Gasteiger partial charge on any atom is -0.384 e. The predicted octanol–water partition coefficient (Wildman–Crippen LogP) is 1.70.